The molecule has 1 fully saturated rings. The van der Waals surface area contributed by atoms with Gasteiger partial charge in [-0.05, 0) is 40.0 Å². The van der Waals surface area contributed by atoms with Gasteiger partial charge in [0.25, 0.3) is 0 Å². The Morgan fingerprint density at radius 1 is 1.30 bits per heavy atom. The third-order valence-corrected chi connectivity index (χ3v) is 2.96. The molecule has 0 aromatic rings. The molecular formula is C13H23F3N2O2. The average molecular weight is 296 g/mol. The molecule has 1 saturated heterocycles. The molecule has 0 saturated carbocycles. The van der Waals surface area contributed by atoms with Crippen LogP contribution in [-0.2, 0) is 4.74 Å². The van der Waals surface area contributed by atoms with Crippen LogP contribution in [0.15, 0.2) is 0 Å². The highest BCUT2D eigenvalue weighted by atomic mass is 19.4. The summed E-state index contributed by atoms with van der Waals surface area (Å²) in [7, 11) is 0. The van der Waals surface area contributed by atoms with Crippen molar-refractivity contribution in [3.05, 3.63) is 0 Å². The van der Waals surface area contributed by atoms with Gasteiger partial charge in [-0.1, -0.05) is 0 Å². The second-order valence-electron chi connectivity index (χ2n) is 6.07. The van der Waals surface area contributed by atoms with E-state index in [1.807, 2.05) is 0 Å². The molecule has 1 aliphatic rings. The van der Waals surface area contributed by atoms with Crippen molar-refractivity contribution in [2.45, 2.75) is 57.9 Å². The van der Waals surface area contributed by atoms with Crippen LogP contribution in [0.1, 0.15) is 40.0 Å². The first-order chi connectivity index (χ1) is 9.08. The first-order valence-electron chi connectivity index (χ1n) is 6.85. The van der Waals surface area contributed by atoms with Crippen molar-refractivity contribution in [2.75, 3.05) is 19.6 Å². The number of halogens is 3. The molecule has 4 nitrogen and oxygen atoms in total. The Labute approximate surface area is 117 Å². The van der Waals surface area contributed by atoms with E-state index in [1.54, 1.807) is 20.8 Å². The fraction of sp³-hybridized carbons (Fsp3) is 0.923. The summed E-state index contributed by atoms with van der Waals surface area (Å²) in [6, 6.07) is -0.235. The van der Waals surface area contributed by atoms with Gasteiger partial charge in [-0.15, -0.1) is 0 Å². The Hall–Kier alpha value is -0.980. The molecule has 118 valence electrons. The lowest BCUT2D eigenvalue weighted by Gasteiger charge is -2.37. The van der Waals surface area contributed by atoms with Gasteiger partial charge in [0.1, 0.15) is 5.60 Å². The van der Waals surface area contributed by atoms with Crippen LogP contribution in [0, 0.1) is 0 Å². The lowest BCUT2D eigenvalue weighted by Crippen LogP contribution is -2.50. The number of rotatable bonds is 3. The Morgan fingerprint density at radius 2 is 1.95 bits per heavy atom. The van der Waals surface area contributed by atoms with E-state index in [9.17, 15) is 18.0 Å². The van der Waals surface area contributed by atoms with E-state index in [0.717, 1.165) is 12.8 Å². The van der Waals surface area contributed by atoms with Crippen LogP contribution < -0.4 is 5.32 Å². The number of amides is 1. The Balaban J connectivity index is 2.51. The van der Waals surface area contributed by atoms with E-state index in [0.29, 0.717) is 13.0 Å². The molecule has 1 aliphatic heterocycles. The second kappa shape index (κ2) is 6.65. The molecule has 0 radical (unpaired) electrons. The lowest BCUT2D eigenvalue weighted by molar-refractivity contribution is -0.125. The van der Waals surface area contributed by atoms with Crippen molar-refractivity contribution >= 4 is 6.09 Å². The van der Waals surface area contributed by atoms with Gasteiger partial charge in [0.2, 0.25) is 0 Å². The molecule has 0 aliphatic carbocycles. The van der Waals surface area contributed by atoms with Crippen molar-refractivity contribution < 1.29 is 22.7 Å². The van der Waals surface area contributed by atoms with Crippen LogP contribution in [0.3, 0.4) is 0 Å². The molecule has 20 heavy (non-hydrogen) atoms. The monoisotopic (exact) mass is 296 g/mol. The number of piperidine rings is 1. The Bertz CT molecular complexity index is 327. The minimum absolute atomic E-state index is 0.138. The van der Waals surface area contributed by atoms with Gasteiger partial charge in [0.15, 0.2) is 0 Å². The Kier molecular flexibility index (Phi) is 5.68. The van der Waals surface area contributed by atoms with Gasteiger partial charge in [0, 0.05) is 19.1 Å². The minimum atomic E-state index is -4.23. The highest BCUT2D eigenvalue weighted by molar-refractivity contribution is 5.68. The van der Waals surface area contributed by atoms with Gasteiger partial charge in [-0.3, -0.25) is 0 Å². The number of likely N-dealkylation sites (tertiary alicyclic amines) is 1. The topological polar surface area (TPSA) is 41.6 Å². The quantitative estimate of drug-likeness (QED) is 0.870. The molecule has 1 atom stereocenters. The summed E-state index contributed by atoms with van der Waals surface area (Å²) in [5, 5.41) is 2.37. The summed E-state index contributed by atoms with van der Waals surface area (Å²) in [6.07, 6.45) is -2.21. The van der Waals surface area contributed by atoms with Crippen molar-refractivity contribution in [1.29, 1.82) is 0 Å². The van der Waals surface area contributed by atoms with Gasteiger partial charge < -0.3 is 15.0 Å². The highest BCUT2D eigenvalue weighted by Gasteiger charge is 2.32. The predicted molar refractivity (Wildman–Crippen MR) is 69.5 cm³/mol. The van der Waals surface area contributed by atoms with Crippen LogP contribution in [0.5, 0.6) is 0 Å². The molecule has 0 aromatic heterocycles. The maximum Gasteiger partial charge on any atom is 0.410 e. The van der Waals surface area contributed by atoms with E-state index < -0.39 is 24.4 Å². The van der Waals surface area contributed by atoms with E-state index in [4.69, 9.17) is 4.74 Å². The average Bonchev–Trinajstić information content (AvgIpc) is 2.25. The fourth-order valence-electron chi connectivity index (χ4n) is 2.15. The molecule has 0 spiro atoms. The van der Waals surface area contributed by atoms with Crippen LogP contribution >= 0.6 is 0 Å². The molecule has 1 rings (SSSR count). The van der Waals surface area contributed by atoms with E-state index >= 15 is 0 Å². The van der Waals surface area contributed by atoms with Crippen molar-refractivity contribution in [2.24, 2.45) is 0 Å². The van der Waals surface area contributed by atoms with Crippen LogP contribution in [-0.4, -0.2) is 48.4 Å². The maximum atomic E-state index is 12.1. The molecule has 1 amide bonds. The fourth-order valence-corrected chi connectivity index (χ4v) is 2.15. The number of carbonyl (C=O) groups is 1. The van der Waals surface area contributed by atoms with E-state index in [2.05, 4.69) is 5.32 Å². The highest BCUT2D eigenvalue weighted by Crippen LogP contribution is 2.20. The number of alkyl halides is 3. The number of ether oxygens (including phenoxy) is 1. The zero-order valence-electron chi connectivity index (χ0n) is 12.2. The van der Waals surface area contributed by atoms with Crippen LogP contribution in [0.25, 0.3) is 0 Å². The maximum absolute atomic E-state index is 12.1. The zero-order chi connectivity index (χ0) is 15.4. The largest absolute Gasteiger partial charge is 0.444 e. The Morgan fingerprint density at radius 3 is 2.50 bits per heavy atom. The third kappa shape index (κ3) is 6.45. The second-order valence-corrected chi connectivity index (χ2v) is 6.07. The van der Waals surface area contributed by atoms with Crippen molar-refractivity contribution in [3.8, 4) is 0 Å². The van der Waals surface area contributed by atoms with Gasteiger partial charge >= 0.3 is 12.3 Å². The molecule has 7 heteroatoms. The molecule has 1 N–H and O–H groups in total. The first-order valence-corrected chi connectivity index (χ1v) is 6.85. The standard InChI is InChI=1S/C13H23F3N2O2/c1-12(2,3)20-11(19)18-7-5-4-6-10(18)8-17-9-13(14,15)16/h10,17H,4-9H2,1-3H3. The number of nitrogens with one attached hydrogen (secondary N) is 1. The number of nitrogens with zero attached hydrogens (tertiary/aromatic N) is 1. The summed E-state index contributed by atoms with van der Waals surface area (Å²) in [6.45, 7) is 4.95. The van der Waals surface area contributed by atoms with Crippen molar-refractivity contribution in [3.63, 3.8) is 0 Å². The summed E-state index contributed by atoms with van der Waals surface area (Å²) < 4.78 is 41.7. The van der Waals surface area contributed by atoms with Gasteiger partial charge in [0.05, 0.1) is 6.54 Å². The number of hydrogen-bond acceptors (Lipinski definition) is 3. The third-order valence-electron chi connectivity index (χ3n) is 2.96. The van der Waals surface area contributed by atoms with E-state index in [1.165, 1.54) is 4.90 Å². The number of carbonyl (C=O) groups excluding carboxylic acids is 1. The first kappa shape index (κ1) is 17.1. The summed E-state index contributed by atoms with van der Waals surface area (Å²) in [4.78, 5) is 13.6. The normalized spacial score (nSPS) is 20.9. The smallest absolute Gasteiger partial charge is 0.410 e. The molecule has 1 heterocycles. The lowest BCUT2D eigenvalue weighted by atomic mass is 10.0. The van der Waals surface area contributed by atoms with Crippen LogP contribution in [0.2, 0.25) is 0 Å². The molecule has 0 bridgehead atoms. The van der Waals surface area contributed by atoms with Gasteiger partial charge in [-0.25, -0.2) is 4.79 Å². The molecule has 0 aromatic carbocycles. The summed E-state index contributed by atoms with van der Waals surface area (Å²) in [5.74, 6) is 0. The predicted octanol–water partition coefficient (Wildman–Crippen LogP) is 2.93. The number of hydrogen-bond donors (Lipinski definition) is 1. The molecular weight excluding hydrogens is 273 g/mol. The SMILES string of the molecule is CC(C)(C)OC(=O)N1CCCCC1CNCC(F)(F)F. The van der Waals surface area contributed by atoms with Gasteiger partial charge in [-0.2, -0.15) is 13.2 Å². The zero-order valence-corrected chi connectivity index (χ0v) is 12.2. The minimum Gasteiger partial charge on any atom is -0.444 e. The molecule has 1 unspecified atom stereocenters. The van der Waals surface area contributed by atoms with Crippen LogP contribution in [0.4, 0.5) is 18.0 Å². The summed E-state index contributed by atoms with van der Waals surface area (Å²) >= 11 is 0. The van der Waals surface area contributed by atoms with Crippen molar-refractivity contribution in [1.82, 2.24) is 10.2 Å². The van der Waals surface area contributed by atoms with E-state index in [-0.39, 0.29) is 12.6 Å². The summed E-state index contributed by atoms with van der Waals surface area (Å²) in [5.41, 5.74) is -0.599.